The van der Waals surface area contributed by atoms with Crippen molar-refractivity contribution in [2.75, 3.05) is 39.3 Å². The SMILES string of the molecule is OCCCCCN1CCC(N2CCCCC2)C1. The Hall–Kier alpha value is -0.120. The van der Waals surface area contributed by atoms with Crippen LogP contribution in [0.3, 0.4) is 0 Å². The lowest BCUT2D eigenvalue weighted by Crippen LogP contribution is -2.40. The fraction of sp³-hybridized carbons (Fsp3) is 1.00. The average Bonchev–Trinajstić information content (AvgIpc) is 2.85. The van der Waals surface area contributed by atoms with Gasteiger partial charge in [0.15, 0.2) is 0 Å². The van der Waals surface area contributed by atoms with Gasteiger partial charge in [0.25, 0.3) is 0 Å². The van der Waals surface area contributed by atoms with Gasteiger partial charge in [-0.15, -0.1) is 0 Å². The molecular formula is C14H28N2O. The van der Waals surface area contributed by atoms with Crippen LogP contribution in [0.15, 0.2) is 0 Å². The van der Waals surface area contributed by atoms with Gasteiger partial charge >= 0.3 is 0 Å². The first-order valence-corrected chi connectivity index (χ1v) is 7.47. The summed E-state index contributed by atoms with van der Waals surface area (Å²) in [4.78, 5) is 5.34. The van der Waals surface area contributed by atoms with Crippen LogP contribution in [0, 0.1) is 0 Å². The zero-order chi connectivity index (χ0) is 11.9. The second-order valence-electron chi connectivity index (χ2n) is 5.62. The number of piperidine rings is 1. The fourth-order valence-electron chi connectivity index (χ4n) is 3.22. The van der Waals surface area contributed by atoms with E-state index in [0.717, 1.165) is 12.5 Å². The van der Waals surface area contributed by atoms with Gasteiger partial charge in [-0.3, -0.25) is 4.90 Å². The predicted molar refractivity (Wildman–Crippen MR) is 71.2 cm³/mol. The van der Waals surface area contributed by atoms with Crippen LogP contribution < -0.4 is 0 Å². The van der Waals surface area contributed by atoms with Gasteiger partial charge in [0.1, 0.15) is 0 Å². The Balaban J connectivity index is 1.61. The average molecular weight is 240 g/mol. The van der Waals surface area contributed by atoms with E-state index in [4.69, 9.17) is 5.11 Å². The molecule has 0 aromatic carbocycles. The second kappa shape index (κ2) is 7.34. The Morgan fingerprint density at radius 1 is 0.941 bits per heavy atom. The predicted octanol–water partition coefficient (Wildman–Crippen LogP) is 1.71. The highest BCUT2D eigenvalue weighted by Gasteiger charge is 2.27. The number of aliphatic hydroxyl groups excluding tert-OH is 1. The summed E-state index contributed by atoms with van der Waals surface area (Å²) < 4.78 is 0. The molecule has 0 spiro atoms. The summed E-state index contributed by atoms with van der Waals surface area (Å²) in [5.41, 5.74) is 0. The minimum atomic E-state index is 0.358. The quantitative estimate of drug-likeness (QED) is 0.716. The van der Waals surface area contributed by atoms with Gasteiger partial charge in [0.05, 0.1) is 0 Å². The van der Waals surface area contributed by atoms with Crippen LogP contribution in [0.25, 0.3) is 0 Å². The van der Waals surface area contributed by atoms with Crippen molar-refractivity contribution in [3.05, 3.63) is 0 Å². The van der Waals surface area contributed by atoms with Crippen molar-refractivity contribution in [3.63, 3.8) is 0 Å². The normalized spacial score (nSPS) is 27.7. The zero-order valence-electron chi connectivity index (χ0n) is 11.1. The minimum absolute atomic E-state index is 0.358. The summed E-state index contributed by atoms with van der Waals surface area (Å²) in [6, 6.07) is 0.841. The molecule has 0 aromatic rings. The van der Waals surface area contributed by atoms with E-state index < -0.39 is 0 Å². The van der Waals surface area contributed by atoms with Gasteiger partial charge in [-0.2, -0.15) is 0 Å². The van der Waals surface area contributed by atoms with Gasteiger partial charge in [-0.1, -0.05) is 6.42 Å². The minimum Gasteiger partial charge on any atom is -0.396 e. The maximum atomic E-state index is 8.75. The van der Waals surface area contributed by atoms with Crippen molar-refractivity contribution in [1.82, 2.24) is 9.80 Å². The van der Waals surface area contributed by atoms with Gasteiger partial charge in [-0.05, 0) is 64.7 Å². The number of likely N-dealkylation sites (tertiary alicyclic amines) is 2. The maximum absolute atomic E-state index is 8.75. The standard InChI is InChI=1S/C14H28N2O/c17-12-6-2-3-8-15-11-7-14(13-15)16-9-4-1-5-10-16/h14,17H,1-13H2. The lowest BCUT2D eigenvalue weighted by Gasteiger charge is -2.32. The van der Waals surface area contributed by atoms with Crippen LogP contribution in [-0.2, 0) is 0 Å². The molecule has 1 atom stereocenters. The summed E-state index contributed by atoms with van der Waals surface area (Å²) >= 11 is 0. The van der Waals surface area contributed by atoms with Crippen LogP contribution in [0.4, 0.5) is 0 Å². The molecule has 0 amide bonds. The number of hydrogen-bond donors (Lipinski definition) is 1. The lowest BCUT2D eigenvalue weighted by atomic mass is 10.1. The van der Waals surface area contributed by atoms with Gasteiger partial charge in [0.2, 0.25) is 0 Å². The lowest BCUT2D eigenvalue weighted by molar-refractivity contribution is 0.161. The highest BCUT2D eigenvalue weighted by molar-refractivity contribution is 4.84. The molecular weight excluding hydrogens is 212 g/mol. The van der Waals surface area contributed by atoms with E-state index in [1.54, 1.807) is 0 Å². The van der Waals surface area contributed by atoms with Gasteiger partial charge in [0, 0.05) is 19.2 Å². The van der Waals surface area contributed by atoms with Gasteiger partial charge in [-0.25, -0.2) is 0 Å². The Morgan fingerprint density at radius 3 is 2.53 bits per heavy atom. The van der Waals surface area contributed by atoms with Crippen molar-refractivity contribution in [1.29, 1.82) is 0 Å². The molecule has 0 aromatic heterocycles. The van der Waals surface area contributed by atoms with Crippen LogP contribution in [0.1, 0.15) is 44.9 Å². The van der Waals surface area contributed by atoms with Crippen molar-refractivity contribution in [3.8, 4) is 0 Å². The molecule has 1 N–H and O–H groups in total. The van der Waals surface area contributed by atoms with Crippen molar-refractivity contribution < 1.29 is 5.11 Å². The largest absolute Gasteiger partial charge is 0.396 e. The first-order chi connectivity index (χ1) is 8.40. The first kappa shape index (κ1) is 13.3. The molecule has 3 heteroatoms. The molecule has 2 fully saturated rings. The van der Waals surface area contributed by atoms with E-state index in [9.17, 15) is 0 Å². The third-order valence-corrected chi connectivity index (χ3v) is 4.29. The highest BCUT2D eigenvalue weighted by Crippen LogP contribution is 2.20. The molecule has 2 aliphatic heterocycles. The summed E-state index contributed by atoms with van der Waals surface area (Å²) in [6.45, 7) is 6.85. The molecule has 0 bridgehead atoms. The summed E-state index contributed by atoms with van der Waals surface area (Å²) in [5, 5.41) is 8.75. The van der Waals surface area contributed by atoms with Crippen LogP contribution in [0.2, 0.25) is 0 Å². The van der Waals surface area contributed by atoms with E-state index >= 15 is 0 Å². The Bertz CT molecular complexity index is 204. The Labute approximate surface area is 106 Å². The number of rotatable bonds is 6. The first-order valence-electron chi connectivity index (χ1n) is 7.47. The zero-order valence-corrected chi connectivity index (χ0v) is 11.1. The summed E-state index contributed by atoms with van der Waals surface area (Å²) in [5.74, 6) is 0. The topological polar surface area (TPSA) is 26.7 Å². The molecule has 0 aliphatic carbocycles. The van der Waals surface area contributed by atoms with Gasteiger partial charge < -0.3 is 10.0 Å². The molecule has 17 heavy (non-hydrogen) atoms. The van der Waals surface area contributed by atoms with Crippen LogP contribution in [0.5, 0.6) is 0 Å². The molecule has 2 saturated heterocycles. The molecule has 2 heterocycles. The maximum Gasteiger partial charge on any atom is 0.0431 e. The van der Waals surface area contributed by atoms with Crippen molar-refractivity contribution in [2.45, 2.75) is 51.0 Å². The molecule has 1 unspecified atom stereocenters. The summed E-state index contributed by atoms with van der Waals surface area (Å²) in [6.07, 6.45) is 9.05. The highest BCUT2D eigenvalue weighted by atomic mass is 16.2. The molecule has 0 saturated carbocycles. The van der Waals surface area contributed by atoms with Crippen LogP contribution >= 0.6 is 0 Å². The number of unbranched alkanes of at least 4 members (excludes halogenated alkanes) is 2. The summed E-state index contributed by atoms with van der Waals surface area (Å²) in [7, 11) is 0. The van der Waals surface area contributed by atoms with E-state index in [-0.39, 0.29) is 0 Å². The number of aliphatic hydroxyl groups is 1. The monoisotopic (exact) mass is 240 g/mol. The smallest absolute Gasteiger partial charge is 0.0431 e. The van der Waals surface area contributed by atoms with E-state index in [1.165, 1.54) is 71.2 Å². The van der Waals surface area contributed by atoms with Crippen molar-refractivity contribution >= 4 is 0 Å². The van der Waals surface area contributed by atoms with Crippen molar-refractivity contribution in [2.24, 2.45) is 0 Å². The second-order valence-corrected chi connectivity index (χ2v) is 5.62. The number of hydrogen-bond acceptors (Lipinski definition) is 3. The molecule has 2 rings (SSSR count). The fourth-order valence-corrected chi connectivity index (χ4v) is 3.22. The molecule has 2 aliphatic rings. The van der Waals surface area contributed by atoms with Crippen LogP contribution in [-0.4, -0.2) is 60.3 Å². The van der Waals surface area contributed by atoms with E-state index in [0.29, 0.717) is 6.61 Å². The van der Waals surface area contributed by atoms with E-state index in [2.05, 4.69) is 9.80 Å². The van der Waals surface area contributed by atoms with E-state index in [1.807, 2.05) is 0 Å². The molecule has 3 nitrogen and oxygen atoms in total. The molecule has 100 valence electrons. The third-order valence-electron chi connectivity index (χ3n) is 4.29. The Kier molecular flexibility index (Phi) is 5.75. The molecule has 0 radical (unpaired) electrons. The third kappa shape index (κ3) is 4.23. The Morgan fingerprint density at radius 2 is 1.76 bits per heavy atom. The number of nitrogens with zero attached hydrogens (tertiary/aromatic N) is 2.